The van der Waals surface area contributed by atoms with Gasteiger partial charge in [-0.05, 0) is 19.3 Å². The first-order chi connectivity index (χ1) is 8.27. The van der Waals surface area contributed by atoms with E-state index in [4.69, 9.17) is 15.3 Å². The van der Waals surface area contributed by atoms with Crippen molar-refractivity contribution in [2.24, 2.45) is 10.8 Å². The van der Waals surface area contributed by atoms with Crippen LogP contribution in [0, 0.1) is 0 Å². The Hall–Kier alpha value is -0.850. The minimum absolute atomic E-state index is 0.303. The van der Waals surface area contributed by atoms with E-state index in [0.29, 0.717) is 18.6 Å². The minimum atomic E-state index is 0.303. The van der Waals surface area contributed by atoms with Gasteiger partial charge in [0, 0.05) is 40.5 Å². The van der Waals surface area contributed by atoms with E-state index in [0.717, 1.165) is 39.0 Å². The van der Waals surface area contributed by atoms with Crippen molar-refractivity contribution in [2.75, 3.05) is 40.5 Å². The van der Waals surface area contributed by atoms with Gasteiger partial charge in [-0.3, -0.25) is 10.4 Å². The summed E-state index contributed by atoms with van der Waals surface area (Å²) in [6.07, 6.45) is 3.47. The zero-order valence-electron chi connectivity index (χ0n) is 10.8. The summed E-state index contributed by atoms with van der Waals surface area (Å²) in [7, 11) is 3.66. The third-order valence-electron chi connectivity index (χ3n) is 2.76. The summed E-state index contributed by atoms with van der Waals surface area (Å²) in [5, 5.41) is 0. The Morgan fingerprint density at radius 1 is 1.65 bits per heavy atom. The molecule has 0 aromatic heterocycles. The Morgan fingerprint density at radius 2 is 2.47 bits per heavy atom. The molecule has 1 atom stereocenters. The number of nitrogens with zero attached hydrogens (tertiary/aromatic N) is 2. The molecule has 0 radical (unpaired) electrons. The van der Waals surface area contributed by atoms with Gasteiger partial charge < -0.3 is 14.4 Å². The summed E-state index contributed by atoms with van der Waals surface area (Å²) in [5.74, 6) is 6.17. The fourth-order valence-electron chi connectivity index (χ4n) is 1.85. The van der Waals surface area contributed by atoms with E-state index < -0.39 is 0 Å². The third-order valence-corrected chi connectivity index (χ3v) is 2.76. The van der Waals surface area contributed by atoms with E-state index in [2.05, 4.69) is 10.4 Å². The largest absolute Gasteiger partial charge is 0.385 e. The molecule has 1 saturated heterocycles. The van der Waals surface area contributed by atoms with Crippen LogP contribution in [0.3, 0.4) is 0 Å². The molecule has 1 aliphatic rings. The van der Waals surface area contributed by atoms with Crippen LogP contribution in [0.25, 0.3) is 0 Å². The molecule has 6 heteroatoms. The number of hydrogen-bond donors (Lipinski definition) is 2. The van der Waals surface area contributed by atoms with Crippen molar-refractivity contribution in [3.05, 3.63) is 0 Å². The molecule has 0 bridgehead atoms. The summed E-state index contributed by atoms with van der Waals surface area (Å²) in [6, 6.07) is 0. The van der Waals surface area contributed by atoms with Crippen molar-refractivity contribution in [1.29, 1.82) is 0 Å². The van der Waals surface area contributed by atoms with Gasteiger partial charge in [-0.15, -0.1) is 0 Å². The van der Waals surface area contributed by atoms with Gasteiger partial charge in [0.1, 0.15) is 0 Å². The Kier molecular flexibility index (Phi) is 6.91. The standard InChI is InChI=1S/C11H24N4O2/c1-15(9-10-5-3-8-17-10)11(14-12)13-6-4-7-16-2/h10H,3-9,12H2,1-2H3,(H,13,14). The highest BCUT2D eigenvalue weighted by Crippen LogP contribution is 2.12. The lowest BCUT2D eigenvalue weighted by atomic mass is 10.2. The highest BCUT2D eigenvalue weighted by Gasteiger charge is 2.18. The molecular formula is C11H24N4O2. The quantitative estimate of drug-likeness (QED) is 0.225. The van der Waals surface area contributed by atoms with E-state index in [-0.39, 0.29) is 0 Å². The van der Waals surface area contributed by atoms with Crippen LogP contribution in [0.1, 0.15) is 19.3 Å². The fraction of sp³-hybridized carbons (Fsp3) is 0.909. The lowest BCUT2D eigenvalue weighted by Crippen LogP contribution is -2.45. The number of likely N-dealkylation sites (N-methyl/N-ethyl adjacent to an activating group) is 1. The summed E-state index contributed by atoms with van der Waals surface area (Å²) < 4.78 is 10.5. The number of aliphatic imine (C=N–C) groups is 1. The number of guanidine groups is 1. The van der Waals surface area contributed by atoms with Crippen LogP contribution >= 0.6 is 0 Å². The van der Waals surface area contributed by atoms with Crippen LogP contribution in [-0.2, 0) is 9.47 Å². The average Bonchev–Trinajstić information content (AvgIpc) is 2.82. The number of ether oxygens (including phenoxy) is 2. The van der Waals surface area contributed by atoms with Crippen LogP contribution in [0.2, 0.25) is 0 Å². The van der Waals surface area contributed by atoms with Crippen LogP contribution < -0.4 is 11.3 Å². The Bertz CT molecular complexity index is 230. The van der Waals surface area contributed by atoms with E-state index in [1.54, 1.807) is 7.11 Å². The molecule has 3 N–H and O–H groups in total. The lowest BCUT2D eigenvalue weighted by Gasteiger charge is -2.23. The predicted molar refractivity (Wildman–Crippen MR) is 67.7 cm³/mol. The Balaban J connectivity index is 2.31. The molecule has 1 aliphatic heterocycles. The molecule has 0 aliphatic carbocycles. The smallest absolute Gasteiger partial charge is 0.208 e. The van der Waals surface area contributed by atoms with Gasteiger partial charge >= 0.3 is 0 Å². The highest BCUT2D eigenvalue weighted by atomic mass is 16.5. The third kappa shape index (κ3) is 5.34. The SMILES string of the molecule is COCCCN=C(NN)N(C)CC1CCCO1. The molecule has 0 aromatic carbocycles. The maximum absolute atomic E-state index is 5.58. The molecule has 0 spiro atoms. The van der Waals surface area contributed by atoms with Crippen molar-refractivity contribution in [3.8, 4) is 0 Å². The number of nitrogens with one attached hydrogen (secondary N) is 1. The van der Waals surface area contributed by atoms with Gasteiger partial charge in [0.15, 0.2) is 0 Å². The summed E-state index contributed by atoms with van der Waals surface area (Å²) in [5.41, 5.74) is 2.63. The van der Waals surface area contributed by atoms with Gasteiger partial charge in [0.05, 0.1) is 6.10 Å². The monoisotopic (exact) mass is 244 g/mol. The molecule has 0 aromatic rings. The normalized spacial score (nSPS) is 20.6. The molecule has 1 rings (SSSR count). The zero-order chi connectivity index (χ0) is 12.5. The van der Waals surface area contributed by atoms with Crippen molar-refractivity contribution < 1.29 is 9.47 Å². The molecule has 1 unspecified atom stereocenters. The van der Waals surface area contributed by atoms with Crippen molar-refractivity contribution in [3.63, 3.8) is 0 Å². The first-order valence-electron chi connectivity index (χ1n) is 6.10. The van der Waals surface area contributed by atoms with Crippen molar-refractivity contribution in [1.82, 2.24) is 10.3 Å². The van der Waals surface area contributed by atoms with Crippen molar-refractivity contribution in [2.45, 2.75) is 25.4 Å². The molecule has 1 fully saturated rings. The van der Waals surface area contributed by atoms with Gasteiger partial charge in [-0.25, -0.2) is 5.84 Å². The molecule has 0 amide bonds. The summed E-state index contributed by atoms with van der Waals surface area (Å²) >= 11 is 0. The van der Waals surface area contributed by atoms with Gasteiger partial charge in [0.2, 0.25) is 5.96 Å². The van der Waals surface area contributed by atoms with E-state index in [9.17, 15) is 0 Å². The number of methoxy groups -OCH3 is 1. The number of hydrogen-bond acceptors (Lipinski definition) is 4. The van der Waals surface area contributed by atoms with E-state index >= 15 is 0 Å². The Labute approximate surface area is 103 Å². The predicted octanol–water partition coefficient (Wildman–Crippen LogP) is -0.0470. The van der Waals surface area contributed by atoms with Crippen LogP contribution in [0.15, 0.2) is 4.99 Å². The molecular weight excluding hydrogens is 220 g/mol. The topological polar surface area (TPSA) is 72.1 Å². The van der Waals surface area contributed by atoms with Crippen LogP contribution in [-0.4, -0.2) is 57.4 Å². The summed E-state index contributed by atoms with van der Waals surface area (Å²) in [4.78, 5) is 6.40. The molecule has 1 heterocycles. The molecule has 17 heavy (non-hydrogen) atoms. The molecule has 6 nitrogen and oxygen atoms in total. The second-order valence-electron chi connectivity index (χ2n) is 4.21. The first-order valence-corrected chi connectivity index (χ1v) is 6.10. The highest BCUT2D eigenvalue weighted by molar-refractivity contribution is 5.79. The molecule has 0 saturated carbocycles. The average molecular weight is 244 g/mol. The first kappa shape index (κ1) is 14.2. The van der Waals surface area contributed by atoms with E-state index in [1.165, 1.54) is 0 Å². The van der Waals surface area contributed by atoms with E-state index in [1.807, 2.05) is 11.9 Å². The second kappa shape index (κ2) is 8.27. The number of hydrazine groups is 1. The second-order valence-corrected chi connectivity index (χ2v) is 4.21. The van der Waals surface area contributed by atoms with Gasteiger partial charge in [-0.2, -0.15) is 0 Å². The number of nitrogens with two attached hydrogens (primary N) is 1. The summed E-state index contributed by atoms with van der Waals surface area (Å²) in [6.45, 7) is 3.13. The Morgan fingerprint density at radius 3 is 3.06 bits per heavy atom. The van der Waals surface area contributed by atoms with Crippen molar-refractivity contribution >= 4 is 5.96 Å². The van der Waals surface area contributed by atoms with Gasteiger partial charge in [0.25, 0.3) is 0 Å². The fourth-order valence-corrected chi connectivity index (χ4v) is 1.85. The maximum atomic E-state index is 5.58. The van der Waals surface area contributed by atoms with Crippen LogP contribution in [0.5, 0.6) is 0 Å². The van der Waals surface area contributed by atoms with Gasteiger partial charge in [-0.1, -0.05) is 0 Å². The maximum Gasteiger partial charge on any atom is 0.208 e. The molecule has 100 valence electrons. The van der Waals surface area contributed by atoms with Crippen LogP contribution in [0.4, 0.5) is 0 Å². The number of rotatable bonds is 6. The zero-order valence-corrected chi connectivity index (χ0v) is 10.8. The lowest BCUT2D eigenvalue weighted by molar-refractivity contribution is 0.0951. The minimum Gasteiger partial charge on any atom is -0.385 e.